The molecule has 3 nitrogen and oxygen atoms in total. The highest BCUT2D eigenvalue weighted by atomic mass is 19.1. The molecule has 0 radical (unpaired) electrons. The summed E-state index contributed by atoms with van der Waals surface area (Å²) in [4.78, 5) is 0. The highest BCUT2D eigenvalue weighted by Gasteiger charge is 2.20. The maximum absolute atomic E-state index is 14.8. The Bertz CT molecular complexity index is 1150. The van der Waals surface area contributed by atoms with Gasteiger partial charge >= 0.3 is 0 Å². The van der Waals surface area contributed by atoms with Gasteiger partial charge < -0.3 is 14.2 Å². The van der Waals surface area contributed by atoms with E-state index in [2.05, 4.69) is 50.2 Å². The van der Waals surface area contributed by atoms with E-state index >= 15 is 0 Å². The Labute approximate surface area is 253 Å². The minimum atomic E-state index is -0.303. The van der Waals surface area contributed by atoms with Crippen molar-refractivity contribution >= 4 is 0 Å². The van der Waals surface area contributed by atoms with Crippen LogP contribution in [0.25, 0.3) is 11.1 Å². The van der Waals surface area contributed by atoms with E-state index in [0.29, 0.717) is 25.1 Å². The molecule has 1 fully saturated rings. The third kappa shape index (κ3) is 11.1. The number of aryl methyl sites for hydroxylation is 2. The first kappa shape index (κ1) is 32.1. The van der Waals surface area contributed by atoms with Crippen molar-refractivity contribution in [2.24, 2.45) is 5.92 Å². The van der Waals surface area contributed by atoms with Crippen molar-refractivity contribution in [2.45, 2.75) is 103 Å². The van der Waals surface area contributed by atoms with Crippen molar-refractivity contribution in [3.63, 3.8) is 0 Å². The molecule has 0 aromatic heterocycles. The monoisotopic (exact) mass is 574 g/mol. The van der Waals surface area contributed by atoms with Crippen LogP contribution >= 0.6 is 0 Å². The van der Waals surface area contributed by atoms with Gasteiger partial charge in [-0.2, -0.15) is 0 Å². The molecule has 0 heterocycles. The summed E-state index contributed by atoms with van der Waals surface area (Å²) in [6, 6.07) is 21.8. The number of ether oxygens (including phenoxy) is 3. The molecule has 3 aromatic carbocycles. The number of rotatable bonds is 18. The molecular weight excluding hydrogens is 523 g/mol. The molecule has 4 heteroatoms. The molecule has 228 valence electrons. The van der Waals surface area contributed by atoms with Gasteiger partial charge in [0.15, 0.2) is 11.6 Å². The Balaban J connectivity index is 1.06. The van der Waals surface area contributed by atoms with Gasteiger partial charge in [0, 0.05) is 6.61 Å². The van der Waals surface area contributed by atoms with E-state index in [9.17, 15) is 4.39 Å². The summed E-state index contributed by atoms with van der Waals surface area (Å²) in [6.45, 7) is 6.45. The second kappa shape index (κ2) is 18.0. The summed E-state index contributed by atoms with van der Waals surface area (Å²) in [5.74, 6) is 1.88. The van der Waals surface area contributed by atoms with Crippen LogP contribution in [0.2, 0.25) is 0 Å². The normalized spacial score (nSPS) is 16.8. The van der Waals surface area contributed by atoms with Crippen LogP contribution < -0.4 is 9.47 Å². The van der Waals surface area contributed by atoms with Gasteiger partial charge in [-0.05, 0) is 112 Å². The van der Waals surface area contributed by atoms with E-state index in [1.807, 2.05) is 18.2 Å². The summed E-state index contributed by atoms with van der Waals surface area (Å²) < 4.78 is 32.5. The molecule has 0 atom stereocenters. The molecule has 0 unspecified atom stereocenters. The lowest BCUT2D eigenvalue weighted by atomic mass is 9.84. The summed E-state index contributed by atoms with van der Waals surface area (Å²) in [6.07, 6.45) is 15.9. The number of unbranched alkanes of at least 4 members (excludes halogenated alkanes) is 4. The van der Waals surface area contributed by atoms with Crippen molar-refractivity contribution < 1.29 is 18.6 Å². The van der Waals surface area contributed by atoms with Gasteiger partial charge in [-0.25, -0.2) is 4.39 Å². The van der Waals surface area contributed by atoms with E-state index in [0.717, 1.165) is 67.9 Å². The standard InChI is InChI=1S/C38H51FO3/c1-3-4-10-31-16-23-36(24-17-31)40-26-7-5-6-8-27-42-38-25-20-34(29-37(38)39)33-18-14-32(15-19-33)11-9-28-41-35-21-12-30(2)13-22-35/h12-15,18-22,25,29,31,36H,3-11,16-17,23-24,26-28H2,1-2H3. The number of halogens is 1. The van der Waals surface area contributed by atoms with Gasteiger partial charge in [-0.15, -0.1) is 0 Å². The number of benzene rings is 3. The topological polar surface area (TPSA) is 27.7 Å². The molecule has 1 aliphatic carbocycles. The fourth-order valence-electron chi connectivity index (χ4n) is 5.83. The van der Waals surface area contributed by atoms with Crippen LogP contribution in [0.4, 0.5) is 4.39 Å². The van der Waals surface area contributed by atoms with Crippen LogP contribution in [0.1, 0.15) is 95.1 Å². The highest BCUT2D eigenvalue weighted by Crippen LogP contribution is 2.30. The first-order chi connectivity index (χ1) is 20.6. The molecule has 0 spiro atoms. The molecule has 42 heavy (non-hydrogen) atoms. The molecule has 0 amide bonds. The van der Waals surface area contributed by atoms with E-state index in [4.69, 9.17) is 14.2 Å². The molecular formula is C38H51FO3. The van der Waals surface area contributed by atoms with E-state index < -0.39 is 0 Å². The average molecular weight is 575 g/mol. The molecule has 0 bridgehead atoms. The Morgan fingerprint density at radius 2 is 1.38 bits per heavy atom. The van der Waals surface area contributed by atoms with Crippen molar-refractivity contribution in [1.29, 1.82) is 0 Å². The molecule has 0 aliphatic heterocycles. The maximum Gasteiger partial charge on any atom is 0.165 e. The van der Waals surface area contributed by atoms with Crippen molar-refractivity contribution in [2.75, 3.05) is 19.8 Å². The van der Waals surface area contributed by atoms with E-state index in [1.54, 1.807) is 12.1 Å². The van der Waals surface area contributed by atoms with Crippen LogP contribution in [0.5, 0.6) is 11.5 Å². The lowest BCUT2D eigenvalue weighted by Crippen LogP contribution is -2.22. The third-order valence-corrected chi connectivity index (χ3v) is 8.53. The van der Waals surface area contributed by atoms with Gasteiger partial charge in [0.05, 0.1) is 19.3 Å². The zero-order valence-corrected chi connectivity index (χ0v) is 25.9. The fraction of sp³-hybridized carbons (Fsp3) is 0.526. The minimum absolute atomic E-state index is 0.303. The van der Waals surface area contributed by atoms with Gasteiger partial charge in [0.1, 0.15) is 5.75 Å². The lowest BCUT2D eigenvalue weighted by Gasteiger charge is -2.28. The van der Waals surface area contributed by atoms with E-state index in [-0.39, 0.29) is 5.82 Å². The fourth-order valence-corrected chi connectivity index (χ4v) is 5.83. The number of hydrogen-bond acceptors (Lipinski definition) is 3. The maximum atomic E-state index is 14.8. The predicted octanol–water partition coefficient (Wildman–Crippen LogP) is 10.5. The smallest absolute Gasteiger partial charge is 0.165 e. The highest BCUT2D eigenvalue weighted by molar-refractivity contribution is 5.64. The number of hydrogen-bond donors (Lipinski definition) is 0. The summed E-state index contributed by atoms with van der Waals surface area (Å²) >= 11 is 0. The molecule has 0 saturated heterocycles. The van der Waals surface area contributed by atoms with Gasteiger partial charge in [0.25, 0.3) is 0 Å². The van der Waals surface area contributed by atoms with Crippen LogP contribution in [0.3, 0.4) is 0 Å². The van der Waals surface area contributed by atoms with Crippen LogP contribution in [-0.4, -0.2) is 25.9 Å². The molecule has 1 saturated carbocycles. The Morgan fingerprint density at radius 3 is 2.10 bits per heavy atom. The Morgan fingerprint density at radius 1 is 0.690 bits per heavy atom. The molecule has 4 rings (SSSR count). The Kier molecular flexibility index (Phi) is 13.7. The SMILES string of the molecule is CCCCC1CCC(OCCCCCCOc2ccc(-c3ccc(CCCOc4ccc(C)cc4)cc3)cc2F)CC1. The van der Waals surface area contributed by atoms with Gasteiger partial charge in [0.2, 0.25) is 0 Å². The van der Waals surface area contributed by atoms with Crippen LogP contribution in [-0.2, 0) is 11.2 Å². The summed E-state index contributed by atoms with van der Waals surface area (Å²) in [7, 11) is 0. The van der Waals surface area contributed by atoms with E-state index in [1.165, 1.54) is 56.1 Å². The lowest BCUT2D eigenvalue weighted by molar-refractivity contribution is 0.0150. The first-order valence-electron chi connectivity index (χ1n) is 16.4. The first-order valence-corrected chi connectivity index (χ1v) is 16.4. The minimum Gasteiger partial charge on any atom is -0.494 e. The van der Waals surface area contributed by atoms with Gasteiger partial charge in [-0.3, -0.25) is 0 Å². The summed E-state index contributed by atoms with van der Waals surface area (Å²) in [5.41, 5.74) is 4.36. The third-order valence-electron chi connectivity index (χ3n) is 8.53. The predicted molar refractivity (Wildman–Crippen MR) is 172 cm³/mol. The largest absolute Gasteiger partial charge is 0.494 e. The van der Waals surface area contributed by atoms with Crippen molar-refractivity contribution in [1.82, 2.24) is 0 Å². The molecule has 1 aliphatic rings. The van der Waals surface area contributed by atoms with Crippen molar-refractivity contribution in [3.8, 4) is 22.6 Å². The second-order valence-corrected chi connectivity index (χ2v) is 12.0. The molecule has 0 N–H and O–H groups in total. The van der Waals surface area contributed by atoms with Gasteiger partial charge in [-0.1, -0.05) is 80.6 Å². The zero-order chi connectivity index (χ0) is 29.4. The molecule has 3 aromatic rings. The average Bonchev–Trinajstić information content (AvgIpc) is 3.02. The zero-order valence-electron chi connectivity index (χ0n) is 25.9. The summed E-state index contributed by atoms with van der Waals surface area (Å²) in [5, 5.41) is 0. The second-order valence-electron chi connectivity index (χ2n) is 12.0. The van der Waals surface area contributed by atoms with Crippen LogP contribution in [0.15, 0.2) is 66.7 Å². The quantitative estimate of drug-likeness (QED) is 0.141. The Hall–Kier alpha value is -2.85. The van der Waals surface area contributed by atoms with Crippen LogP contribution in [0, 0.1) is 18.7 Å². The van der Waals surface area contributed by atoms with Crippen molar-refractivity contribution in [3.05, 3.63) is 83.7 Å².